The van der Waals surface area contributed by atoms with Crippen LogP contribution in [-0.4, -0.2) is 70.0 Å². The highest BCUT2D eigenvalue weighted by Crippen LogP contribution is 2.26. The van der Waals surface area contributed by atoms with E-state index in [1.54, 1.807) is 9.80 Å². The van der Waals surface area contributed by atoms with E-state index in [4.69, 9.17) is 5.11 Å². The Labute approximate surface area is 157 Å². The maximum absolute atomic E-state index is 13.0. The number of aliphatic hydroxyl groups excluding tert-OH is 1. The molecule has 2 heterocycles. The number of likely N-dealkylation sites (tertiary alicyclic amines) is 2. The number of aliphatic hydroxyl groups is 1. The van der Waals surface area contributed by atoms with Crippen molar-refractivity contribution in [3.63, 3.8) is 0 Å². The standard InChI is InChI=1S/C19H24N2O4S/c22-12-17(23)15-8-4-11-21(15)19(25)16-9-5-10-20(16)18(24)13-26-14-6-2-1-3-7-14/h1-3,6-7,15-16,22H,4-5,8-13H2. The first-order valence-corrected chi connectivity index (χ1v) is 10.0. The maximum atomic E-state index is 13.0. The highest BCUT2D eigenvalue weighted by Gasteiger charge is 2.41. The highest BCUT2D eigenvalue weighted by molar-refractivity contribution is 8.00. The lowest BCUT2D eigenvalue weighted by Gasteiger charge is -2.30. The van der Waals surface area contributed by atoms with Crippen LogP contribution in [0.2, 0.25) is 0 Å². The normalized spacial score (nSPS) is 22.7. The van der Waals surface area contributed by atoms with Gasteiger partial charge in [0.1, 0.15) is 12.6 Å². The van der Waals surface area contributed by atoms with Crippen LogP contribution in [0.1, 0.15) is 25.7 Å². The molecule has 2 aliphatic heterocycles. The third-order valence-corrected chi connectivity index (χ3v) is 6.02. The van der Waals surface area contributed by atoms with Gasteiger partial charge in [0.15, 0.2) is 5.78 Å². The van der Waals surface area contributed by atoms with Gasteiger partial charge in [0.25, 0.3) is 0 Å². The highest BCUT2D eigenvalue weighted by atomic mass is 32.2. The molecular formula is C19H24N2O4S. The summed E-state index contributed by atoms with van der Waals surface area (Å²) < 4.78 is 0. The Balaban J connectivity index is 1.62. The van der Waals surface area contributed by atoms with Crippen molar-refractivity contribution in [2.75, 3.05) is 25.4 Å². The molecule has 0 radical (unpaired) electrons. The van der Waals surface area contributed by atoms with E-state index < -0.39 is 18.7 Å². The predicted molar refractivity (Wildman–Crippen MR) is 98.7 cm³/mol. The van der Waals surface area contributed by atoms with Gasteiger partial charge in [-0.1, -0.05) is 18.2 Å². The first-order valence-electron chi connectivity index (χ1n) is 9.03. The van der Waals surface area contributed by atoms with Crippen LogP contribution < -0.4 is 0 Å². The smallest absolute Gasteiger partial charge is 0.245 e. The molecule has 0 aromatic heterocycles. The van der Waals surface area contributed by atoms with Gasteiger partial charge in [-0.2, -0.15) is 0 Å². The second-order valence-corrected chi connectivity index (χ2v) is 7.71. The van der Waals surface area contributed by atoms with E-state index in [0.29, 0.717) is 31.7 Å². The largest absolute Gasteiger partial charge is 0.389 e. The zero-order valence-electron chi connectivity index (χ0n) is 14.7. The van der Waals surface area contributed by atoms with Crippen molar-refractivity contribution in [1.29, 1.82) is 0 Å². The third-order valence-electron chi connectivity index (χ3n) is 5.03. The van der Waals surface area contributed by atoms with Crippen molar-refractivity contribution in [1.82, 2.24) is 9.80 Å². The third kappa shape index (κ3) is 4.10. The molecule has 1 aromatic rings. The SMILES string of the molecule is O=C(CO)C1CCCN1C(=O)C1CCCN1C(=O)CSc1ccccc1. The average Bonchev–Trinajstić information content (AvgIpc) is 3.35. The monoisotopic (exact) mass is 376 g/mol. The van der Waals surface area contributed by atoms with Crippen LogP contribution in [0, 0.1) is 0 Å². The zero-order chi connectivity index (χ0) is 18.5. The summed E-state index contributed by atoms with van der Waals surface area (Å²) in [5.74, 6) is -0.206. The number of carbonyl (C=O) groups is 3. The van der Waals surface area contributed by atoms with Gasteiger partial charge < -0.3 is 14.9 Å². The van der Waals surface area contributed by atoms with Crippen molar-refractivity contribution < 1.29 is 19.5 Å². The lowest BCUT2D eigenvalue weighted by Crippen LogP contribution is -2.51. The minimum absolute atomic E-state index is 0.0427. The van der Waals surface area contributed by atoms with Crippen LogP contribution in [-0.2, 0) is 14.4 Å². The number of hydrogen-bond donors (Lipinski definition) is 1. The van der Waals surface area contributed by atoms with Crippen LogP contribution in [0.25, 0.3) is 0 Å². The zero-order valence-corrected chi connectivity index (χ0v) is 15.5. The van der Waals surface area contributed by atoms with Crippen molar-refractivity contribution in [3.05, 3.63) is 30.3 Å². The number of Topliss-reactive ketones (excluding diaryl/α,β-unsaturated/α-hetero) is 1. The molecule has 0 saturated carbocycles. The van der Waals surface area contributed by atoms with E-state index in [0.717, 1.165) is 17.7 Å². The Morgan fingerprint density at radius 1 is 1.00 bits per heavy atom. The first kappa shape index (κ1) is 18.9. The van der Waals surface area contributed by atoms with Crippen molar-refractivity contribution >= 4 is 29.4 Å². The van der Waals surface area contributed by atoms with Gasteiger partial charge in [-0.25, -0.2) is 0 Å². The molecule has 2 aliphatic rings. The van der Waals surface area contributed by atoms with Crippen LogP contribution >= 0.6 is 11.8 Å². The summed E-state index contributed by atoms with van der Waals surface area (Å²) in [4.78, 5) is 41.8. The molecule has 1 N–H and O–H groups in total. The van der Waals surface area contributed by atoms with E-state index in [1.165, 1.54) is 11.8 Å². The molecule has 2 unspecified atom stereocenters. The summed E-state index contributed by atoms with van der Waals surface area (Å²) in [6, 6.07) is 8.69. The minimum Gasteiger partial charge on any atom is -0.389 e. The van der Waals surface area contributed by atoms with Gasteiger partial charge in [0.05, 0.1) is 11.8 Å². The van der Waals surface area contributed by atoms with Crippen molar-refractivity contribution in [3.8, 4) is 0 Å². The van der Waals surface area contributed by atoms with Crippen LogP contribution in [0.15, 0.2) is 35.2 Å². The number of carbonyl (C=O) groups excluding carboxylic acids is 3. The van der Waals surface area contributed by atoms with E-state index >= 15 is 0 Å². The minimum atomic E-state index is -0.546. The lowest BCUT2D eigenvalue weighted by molar-refractivity contribution is -0.145. The number of thioether (sulfide) groups is 1. The quantitative estimate of drug-likeness (QED) is 0.758. The molecule has 2 fully saturated rings. The topological polar surface area (TPSA) is 77.9 Å². The number of ketones is 1. The molecule has 6 nitrogen and oxygen atoms in total. The second-order valence-electron chi connectivity index (χ2n) is 6.66. The van der Waals surface area contributed by atoms with Gasteiger partial charge >= 0.3 is 0 Å². The van der Waals surface area contributed by atoms with Crippen molar-refractivity contribution in [2.24, 2.45) is 0 Å². The number of benzene rings is 1. The summed E-state index contributed by atoms with van der Waals surface area (Å²) in [5, 5.41) is 9.12. The molecule has 2 amide bonds. The number of hydrogen-bond acceptors (Lipinski definition) is 5. The van der Waals surface area contributed by atoms with E-state index in [2.05, 4.69) is 0 Å². The fourth-order valence-corrected chi connectivity index (χ4v) is 4.53. The fraction of sp³-hybridized carbons (Fsp3) is 0.526. The number of nitrogens with zero attached hydrogens (tertiary/aromatic N) is 2. The van der Waals surface area contributed by atoms with Crippen LogP contribution in [0.3, 0.4) is 0 Å². The Bertz CT molecular complexity index is 667. The molecular weight excluding hydrogens is 352 g/mol. The van der Waals surface area contributed by atoms with Gasteiger partial charge in [-0.3, -0.25) is 14.4 Å². The van der Waals surface area contributed by atoms with Gasteiger partial charge in [-0.05, 0) is 37.8 Å². The molecule has 0 aliphatic carbocycles. The molecule has 1 aromatic carbocycles. The van der Waals surface area contributed by atoms with Crippen molar-refractivity contribution in [2.45, 2.75) is 42.7 Å². The summed E-state index contributed by atoms with van der Waals surface area (Å²) in [6.45, 7) is 0.555. The molecule has 3 rings (SSSR count). The Hall–Kier alpha value is -1.86. The van der Waals surface area contributed by atoms with Crippen LogP contribution in [0.5, 0.6) is 0 Å². The Kier molecular flexibility index (Phi) is 6.32. The predicted octanol–water partition coefficient (Wildman–Crippen LogP) is 1.32. The molecule has 2 saturated heterocycles. The van der Waals surface area contributed by atoms with E-state index in [9.17, 15) is 14.4 Å². The molecule has 0 bridgehead atoms. The van der Waals surface area contributed by atoms with Gasteiger partial charge in [0.2, 0.25) is 11.8 Å². The Morgan fingerprint density at radius 3 is 2.35 bits per heavy atom. The van der Waals surface area contributed by atoms with E-state index in [1.807, 2.05) is 30.3 Å². The lowest BCUT2D eigenvalue weighted by atomic mass is 10.1. The Morgan fingerprint density at radius 2 is 1.65 bits per heavy atom. The van der Waals surface area contributed by atoms with Crippen LogP contribution in [0.4, 0.5) is 0 Å². The van der Waals surface area contributed by atoms with Gasteiger partial charge in [-0.15, -0.1) is 11.8 Å². The fourth-order valence-electron chi connectivity index (χ4n) is 3.73. The maximum Gasteiger partial charge on any atom is 0.245 e. The average molecular weight is 376 g/mol. The number of amides is 2. The number of rotatable bonds is 6. The molecule has 26 heavy (non-hydrogen) atoms. The first-order chi connectivity index (χ1) is 12.6. The van der Waals surface area contributed by atoms with Gasteiger partial charge in [0, 0.05) is 18.0 Å². The summed E-state index contributed by atoms with van der Waals surface area (Å²) >= 11 is 1.47. The summed E-state index contributed by atoms with van der Waals surface area (Å²) in [7, 11) is 0. The van der Waals surface area contributed by atoms with E-state index in [-0.39, 0.29) is 17.6 Å². The molecule has 2 atom stereocenters. The second kappa shape index (κ2) is 8.68. The molecule has 140 valence electrons. The summed E-state index contributed by atoms with van der Waals surface area (Å²) in [5.41, 5.74) is 0. The summed E-state index contributed by atoms with van der Waals surface area (Å²) in [6.07, 6.45) is 2.78. The molecule has 7 heteroatoms. The molecule has 0 spiro atoms.